The fraction of sp³-hybridized carbons (Fsp3) is 0.188. The zero-order chi connectivity index (χ0) is 16.8. The molecule has 0 aliphatic heterocycles. The van der Waals surface area contributed by atoms with E-state index in [0.29, 0.717) is 0 Å². The highest BCUT2D eigenvalue weighted by Crippen LogP contribution is 2.14. The van der Waals surface area contributed by atoms with E-state index in [4.69, 9.17) is 5.11 Å². The predicted molar refractivity (Wildman–Crippen MR) is 86.8 cm³/mol. The van der Waals surface area contributed by atoms with Crippen LogP contribution in [0.15, 0.2) is 48.7 Å². The molecule has 0 bridgehead atoms. The Kier molecular flexibility index (Phi) is 5.59. The summed E-state index contributed by atoms with van der Waals surface area (Å²) in [6, 6.07) is 11.5. The van der Waals surface area contributed by atoms with Gasteiger partial charge in [-0.15, -0.1) is 0 Å². The van der Waals surface area contributed by atoms with Crippen molar-refractivity contribution in [3.05, 3.63) is 65.5 Å². The highest BCUT2D eigenvalue weighted by Gasteiger charge is 2.18. The van der Waals surface area contributed by atoms with Gasteiger partial charge < -0.3 is 10.4 Å². The molecular formula is C16H16N2O4S. The first-order valence-electron chi connectivity index (χ1n) is 6.82. The van der Waals surface area contributed by atoms with E-state index in [9.17, 15) is 13.8 Å². The van der Waals surface area contributed by atoms with Crippen molar-refractivity contribution < 1.29 is 18.9 Å². The minimum absolute atomic E-state index is 0.0100. The van der Waals surface area contributed by atoms with E-state index in [1.54, 1.807) is 6.26 Å². The molecule has 6 nitrogen and oxygen atoms in total. The molecule has 7 heteroatoms. The number of nitrogens with one attached hydrogen (secondary N) is 1. The molecule has 1 aromatic carbocycles. The van der Waals surface area contributed by atoms with Gasteiger partial charge in [-0.05, 0) is 17.7 Å². The van der Waals surface area contributed by atoms with Crippen molar-refractivity contribution in [1.29, 1.82) is 0 Å². The fourth-order valence-corrected chi connectivity index (χ4v) is 2.77. The molecule has 0 aliphatic rings. The Morgan fingerprint density at radius 1 is 1.22 bits per heavy atom. The Hall–Kier alpha value is -2.54. The second kappa shape index (κ2) is 7.64. The number of carbonyl (C=O) groups is 2. The molecule has 2 N–H and O–H groups in total. The molecule has 0 aliphatic carbocycles. The first kappa shape index (κ1) is 16.8. The number of aromatic nitrogens is 1. The Balaban J connectivity index is 2.17. The maximum absolute atomic E-state index is 12.3. The van der Waals surface area contributed by atoms with Crippen molar-refractivity contribution >= 4 is 22.7 Å². The third-order valence-electron chi connectivity index (χ3n) is 3.15. The second-order valence-corrected chi connectivity index (χ2v) is 6.39. The standard InChI is InChI=1S/C16H16N2O4S/c1-23(22)10-14(11-5-3-2-4-6-11)18-15(19)13-8-7-12(9-17-13)16(20)21/h2-9,14H,10H2,1H3,(H,18,19)(H,20,21). The van der Waals surface area contributed by atoms with Crippen LogP contribution in [-0.2, 0) is 10.8 Å². The van der Waals surface area contributed by atoms with Crippen molar-refractivity contribution in [1.82, 2.24) is 10.3 Å². The summed E-state index contributed by atoms with van der Waals surface area (Å²) in [6.07, 6.45) is 2.70. The molecule has 0 fully saturated rings. The number of pyridine rings is 1. The van der Waals surface area contributed by atoms with Crippen molar-refractivity contribution in [3.8, 4) is 0 Å². The molecule has 23 heavy (non-hydrogen) atoms. The molecule has 0 saturated carbocycles. The summed E-state index contributed by atoms with van der Waals surface area (Å²) in [6.45, 7) is 0. The number of hydrogen-bond acceptors (Lipinski definition) is 4. The SMILES string of the molecule is CS(=O)CC(NC(=O)c1ccc(C(=O)O)cn1)c1ccccc1. The van der Waals surface area contributed by atoms with Gasteiger partial charge in [0.1, 0.15) is 5.69 Å². The van der Waals surface area contributed by atoms with Gasteiger partial charge in [0, 0.05) is 29.0 Å². The summed E-state index contributed by atoms with van der Waals surface area (Å²) >= 11 is 0. The lowest BCUT2D eigenvalue weighted by Gasteiger charge is -2.18. The number of benzene rings is 1. The smallest absolute Gasteiger partial charge is 0.337 e. The molecule has 120 valence electrons. The van der Waals surface area contributed by atoms with Crippen LogP contribution in [0.2, 0.25) is 0 Å². The van der Waals surface area contributed by atoms with Crippen LogP contribution in [-0.4, -0.2) is 38.2 Å². The number of carboxylic acids is 1. The van der Waals surface area contributed by atoms with Gasteiger partial charge in [0.15, 0.2) is 0 Å². The summed E-state index contributed by atoms with van der Waals surface area (Å²) < 4.78 is 11.5. The zero-order valence-corrected chi connectivity index (χ0v) is 13.2. The van der Waals surface area contributed by atoms with Crippen LogP contribution in [0.5, 0.6) is 0 Å². The van der Waals surface area contributed by atoms with Gasteiger partial charge in [0.05, 0.1) is 11.6 Å². The van der Waals surface area contributed by atoms with Crippen LogP contribution in [0.3, 0.4) is 0 Å². The quantitative estimate of drug-likeness (QED) is 0.838. The average Bonchev–Trinajstić information content (AvgIpc) is 2.54. The van der Waals surface area contributed by atoms with Gasteiger partial charge in [-0.2, -0.15) is 0 Å². The molecule has 0 saturated heterocycles. The van der Waals surface area contributed by atoms with E-state index >= 15 is 0 Å². The third-order valence-corrected chi connectivity index (χ3v) is 3.95. The van der Waals surface area contributed by atoms with Gasteiger partial charge in [-0.25, -0.2) is 4.79 Å². The van der Waals surface area contributed by atoms with Crippen LogP contribution >= 0.6 is 0 Å². The molecule has 2 unspecified atom stereocenters. The lowest BCUT2D eigenvalue weighted by Crippen LogP contribution is -2.32. The summed E-state index contributed by atoms with van der Waals surface area (Å²) in [5.74, 6) is -1.27. The summed E-state index contributed by atoms with van der Waals surface area (Å²) in [5, 5.41) is 11.6. The number of aromatic carboxylic acids is 1. The highest BCUT2D eigenvalue weighted by molar-refractivity contribution is 7.84. The van der Waals surface area contributed by atoms with Gasteiger partial charge in [-0.3, -0.25) is 14.0 Å². The van der Waals surface area contributed by atoms with E-state index in [1.165, 1.54) is 12.1 Å². The summed E-state index contributed by atoms with van der Waals surface area (Å²) in [5.41, 5.74) is 0.965. The van der Waals surface area contributed by atoms with Gasteiger partial charge in [-0.1, -0.05) is 30.3 Å². The maximum atomic E-state index is 12.3. The van der Waals surface area contributed by atoms with Crippen LogP contribution in [0.1, 0.15) is 32.5 Å². The molecule has 1 amide bonds. The second-order valence-electron chi connectivity index (χ2n) is 4.91. The van der Waals surface area contributed by atoms with Gasteiger partial charge >= 0.3 is 5.97 Å². The summed E-state index contributed by atoms with van der Waals surface area (Å²) in [4.78, 5) is 26.9. The van der Waals surface area contributed by atoms with E-state index in [0.717, 1.165) is 11.8 Å². The number of carboxylic acid groups (broad SMARTS) is 1. The van der Waals surface area contributed by atoms with Crippen LogP contribution in [0.25, 0.3) is 0 Å². The van der Waals surface area contributed by atoms with Crippen LogP contribution in [0, 0.1) is 0 Å². The van der Waals surface area contributed by atoms with E-state index in [-0.39, 0.29) is 17.0 Å². The van der Waals surface area contributed by atoms with Crippen LogP contribution in [0.4, 0.5) is 0 Å². The monoisotopic (exact) mass is 332 g/mol. The van der Waals surface area contributed by atoms with Gasteiger partial charge in [0.2, 0.25) is 0 Å². The molecule has 1 aromatic heterocycles. The topological polar surface area (TPSA) is 96.4 Å². The largest absolute Gasteiger partial charge is 0.478 e. The molecule has 0 spiro atoms. The lowest BCUT2D eigenvalue weighted by molar-refractivity contribution is 0.0695. The van der Waals surface area contributed by atoms with E-state index in [1.807, 2.05) is 30.3 Å². The normalized spacial score (nSPS) is 13.1. The average molecular weight is 332 g/mol. The minimum Gasteiger partial charge on any atom is -0.478 e. The van der Waals surface area contributed by atoms with Gasteiger partial charge in [0.25, 0.3) is 5.91 Å². The van der Waals surface area contributed by atoms with Crippen molar-refractivity contribution in [2.45, 2.75) is 6.04 Å². The first-order valence-corrected chi connectivity index (χ1v) is 8.55. The van der Waals surface area contributed by atoms with E-state index in [2.05, 4.69) is 10.3 Å². The number of rotatable bonds is 6. The molecule has 2 rings (SSSR count). The molecule has 2 atom stereocenters. The first-order chi connectivity index (χ1) is 11.0. The van der Waals surface area contributed by atoms with Crippen molar-refractivity contribution in [2.24, 2.45) is 0 Å². The minimum atomic E-state index is -1.10. The third kappa shape index (κ3) is 4.72. The Morgan fingerprint density at radius 3 is 2.43 bits per heavy atom. The Bertz CT molecular complexity index is 717. The maximum Gasteiger partial charge on any atom is 0.337 e. The number of nitrogens with zero attached hydrogens (tertiary/aromatic N) is 1. The molecule has 2 aromatic rings. The fourth-order valence-electron chi connectivity index (χ4n) is 2.03. The van der Waals surface area contributed by atoms with Crippen LogP contribution < -0.4 is 5.32 Å². The zero-order valence-electron chi connectivity index (χ0n) is 12.4. The number of amides is 1. The lowest BCUT2D eigenvalue weighted by atomic mass is 10.1. The van der Waals surface area contributed by atoms with E-state index < -0.39 is 28.7 Å². The van der Waals surface area contributed by atoms with Crippen molar-refractivity contribution in [3.63, 3.8) is 0 Å². The number of hydrogen-bond donors (Lipinski definition) is 2. The number of carbonyl (C=O) groups excluding carboxylic acids is 1. The highest BCUT2D eigenvalue weighted by atomic mass is 32.2. The predicted octanol–water partition coefficient (Wildman–Crippen LogP) is 1.63. The Morgan fingerprint density at radius 2 is 1.91 bits per heavy atom. The van der Waals surface area contributed by atoms with Crippen molar-refractivity contribution in [2.75, 3.05) is 12.0 Å². The summed E-state index contributed by atoms with van der Waals surface area (Å²) in [7, 11) is -1.09. The Labute approximate surface area is 136 Å². The molecule has 1 heterocycles. The molecule has 0 radical (unpaired) electrons. The molecular weight excluding hydrogens is 316 g/mol.